The molecule has 0 aliphatic heterocycles. The third-order valence-electron chi connectivity index (χ3n) is 3.81. The van der Waals surface area contributed by atoms with Crippen LogP contribution in [0.15, 0.2) is 85.1 Å². The Kier molecular flexibility index (Phi) is 6.09. The van der Waals surface area contributed by atoms with Crippen LogP contribution in [0.1, 0.15) is 5.56 Å². The van der Waals surface area contributed by atoms with Crippen LogP contribution in [-0.4, -0.2) is 13.1 Å². The van der Waals surface area contributed by atoms with E-state index in [1.807, 2.05) is 84.9 Å². The Hall–Kier alpha value is -3.73. The Bertz CT molecular complexity index is 889. The van der Waals surface area contributed by atoms with Gasteiger partial charge in [-0.05, 0) is 60.2 Å². The van der Waals surface area contributed by atoms with Crippen LogP contribution in [0.2, 0.25) is 0 Å². The number of benzene rings is 3. The highest BCUT2D eigenvalue weighted by atomic mass is 16.5. The molecule has 0 spiro atoms. The summed E-state index contributed by atoms with van der Waals surface area (Å²) in [6.07, 6.45) is 3.41. The van der Waals surface area contributed by atoms with E-state index < -0.39 is 0 Å². The molecule has 0 atom stereocenters. The highest BCUT2D eigenvalue weighted by molar-refractivity contribution is 5.90. The zero-order valence-electron chi connectivity index (χ0n) is 15.0. The summed E-state index contributed by atoms with van der Waals surface area (Å²) in [7, 11) is 1.63. The number of urea groups is 1. The molecule has 0 unspecified atom stereocenters. The topological polar surface area (TPSA) is 62.4 Å². The third kappa shape index (κ3) is 5.64. The van der Waals surface area contributed by atoms with Crippen molar-refractivity contribution >= 4 is 29.2 Å². The Morgan fingerprint density at radius 2 is 1.44 bits per heavy atom. The van der Waals surface area contributed by atoms with Gasteiger partial charge in [0.15, 0.2) is 0 Å². The van der Waals surface area contributed by atoms with E-state index in [1.54, 1.807) is 13.3 Å². The lowest BCUT2D eigenvalue weighted by Gasteiger charge is -2.08. The van der Waals surface area contributed by atoms with Crippen LogP contribution in [0.3, 0.4) is 0 Å². The quantitative estimate of drug-likeness (QED) is 0.565. The molecule has 3 N–H and O–H groups in total. The highest BCUT2D eigenvalue weighted by Gasteiger charge is 2.00. The number of hydrogen-bond donors (Lipinski definition) is 3. The van der Waals surface area contributed by atoms with Gasteiger partial charge in [-0.1, -0.05) is 30.3 Å². The van der Waals surface area contributed by atoms with Gasteiger partial charge in [-0.25, -0.2) is 4.79 Å². The van der Waals surface area contributed by atoms with E-state index in [-0.39, 0.29) is 6.03 Å². The molecule has 136 valence electrons. The average molecular weight is 359 g/mol. The smallest absolute Gasteiger partial charge is 0.323 e. The van der Waals surface area contributed by atoms with Crippen LogP contribution >= 0.6 is 0 Å². The Morgan fingerprint density at radius 1 is 0.815 bits per heavy atom. The second kappa shape index (κ2) is 9.10. The van der Waals surface area contributed by atoms with Crippen molar-refractivity contribution in [1.82, 2.24) is 5.32 Å². The van der Waals surface area contributed by atoms with E-state index in [1.165, 1.54) is 0 Å². The predicted octanol–water partition coefficient (Wildman–Crippen LogP) is 5.23. The SMILES string of the molecule is COc1ccc(/C=C/NC(=O)Nc2ccc(Nc3ccccc3)cc2)cc1. The van der Waals surface area contributed by atoms with Gasteiger partial charge in [0.1, 0.15) is 5.75 Å². The Morgan fingerprint density at radius 3 is 2.11 bits per heavy atom. The third-order valence-corrected chi connectivity index (χ3v) is 3.81. The molecule has 5 heteroatoms. The minimum Gasteiger partial charge on any atom is -0.497 e. The lowest BCUT2D eigenvalue weighted by molar-refractivity contribution is 0.255. The summed E-state index contributed by atoms with van der Waals surface area (Å²) in [5.74, 6) is 0.794. The summed E-state index contributed by atoms with van der Waals surface area (Å²) >= 11 is 0. The first-order valence-corrected chi connectivity index (χ1v) is 8.53. The molecule has 0 aliphatic rings. The van der Waals surface area contributed by atoms with Crippen molar-refractivity contribution < 1.29 is 9.53 Å². The summed E-state index contributed by atoms with van der Waals surface area (Å²) < 4.78 is 5.11. The van der Waals surface area contributed by atoms with Gasteiger partial charge >= 0.3 is 6.03 Å². The van der Waals surface area contributed by atoms with Gasteiger partial charge in [0, 0.05) is 23.3 Å². The van der Waals surface area contributed by atoms with Gasteiger partial charge in [0.05, 0.1) is 7.11 Å². The van der Waals surface area contributed by atoms with Crippen LogP contribution in [0.25, 0.3) is 6.08 Å². The highest BCUT2D eigenvalue weighted by Crippen LogP contribution is 2.18. The number of hydrogen-bond acceptors (Lipinski definition) is 3. The minimum absolute atomic E-state index is 0.302. The molecular formula is C22H21N3O2. The first-order valence-electron chi connectivity index (χ1n) is 8.53. The summed E-state index contributed by atoms with van der Waals surface area (Å²) in [6, 6.07) is 24.7. The molecule has 0 saturated heterocycles. The van der Waals surface area contributed by atoms with Crippen LogP contribution in [0, 0.1) is 0 Å². The summed E-state index contributed by atoms with van der Waals surface area (Å²) in [5, 5.41) is 8.77. The van der Waals surface area contributed by atoms with E-state index in [9.17, 15) is 4.79 Å². The fraction of sp³-hybridized carbons (Fsp3) is 0.0455. The maximum atomic E-state index is 12.0. The summed E-state index contributed by atoms with van der Waals surface area (Å²) in [6.45, 7) is 0. The zero-order chi connectivity index (χ0) is 18.9. The van der Waals surface area contributed by atoms with E-state index in [4.69, 9.17) is 4.74 Å². The molecule has 3 rings (SSSR count). The molecule has 5 nitrogen and oxygen atoms in total. The monoisotopic (exact) mass is 359 g/mol. The van der Waals surface area contributed by atoms with Crippen molar-refractivity contribution in [2.24, 2.45) is 0 Å². The summed E-state index contributed by atoms with van der Waals surface area (Å²) in [4.78, 5) is 12.0. The van der Waals surface area contributed by atoms with Crippen molar-refractivity contribution in [3.05, 3.63) is 90.6 Å². The number of amides is 2. The van der Waals surface area contributed by atoms with Gasteiger partial charge in [-0.2, -0.15) is 0 Å². The van der Waals surface area contributed by atoms with Crippen molar-refractivity contribution in [2.75, 3.05) is 17.7 Å². The predicted molar refractivity (Wildman–Crippen MR) is 110 cm³/mol. The van der Waals surface area contributed by atoms with E-state index >= 15 is 0 Å². The number of carbonyl (C=O) groups is 1. The van der Waals surface area contributed by atoms with Crippen molar-refractivity contribution in [1.29, 1.82) is 0 Å². The Balaban J connectivity index is 1.49. The first kappa shape index (κ1) is 18.1. The molecular weight excluding hydrogens is 338 g/mol. The van der Waals surface area contributed by atoms with Crippen LogP contribution < -0.4 is 20.7 Å². The molecule has 0 saturated carbocycles. The number of rotatable bonds is 6. The van der Waals surface area contributed by atoms with Gasteiger partial charge in [-0.15, -0.1) is 0 Å². The zero-order valence-corrected chi connectivity index (χ0v) is 15.0. The molecule has 3 aromatic rings. The minimum atomic E-state index is -0.302. The van der Waals surface area contributed by atoms with Crippen molar-refractivity contribution in [3.63, 3.8) is 0 Å². The van der Waals surface area contributed by atoms with Crippen molar-refractivity contribution in [2.45, 2.75) is 0 Å². The first-order chi connectivity index (χ1) is 13.2. The van der Waals surface area contributed by atoms with Crippen LogP contribution in [0.5, 0.6) is 5.75 Å². The number of anilines is 3. The van der Waals surface area contributed by atoms with Crippen LogP contribution in [0.4, 0.5) is 21.9 Å². The number of ether oxygens (including phenoxy) is 1. The molecule has 0 aromatic heterocycles. The molecule has 0 radical (unpaired) electrons. The Labute approximate surface area is 158 Å². The number of nitrogens with one attached hydrogen (secondary N) is 3. The molecule has 0 fully saturated rings. The molecule has 0 heterocycles. The van der Waals surface area contributed by atoms with Crippen molar-refractivity contribution in [3.8, 4) is 5.75 Å². The lowest BCUT2D eigenvalue weighted by Crippen LogP contribution is -2.23. The maximum absolute atomic E-state index is 12.0. The average Bonchev–Trinajstić information content (AvgIpc) is 2.71. The fourth-order valence-corrected chi connectivity index (χ4v) is 2.42. The van der Waals surface area contributed by atoms with E-state index in [0.717, 1.165) is 22.7 Å². The molecule has 0 bridgehead atoms. The molecule has 3 aromatic carbocycles. The number of methoxy groups -OCH3 is 1. The molecule has 0 aliphatic carbocycles. The molecule has 27 heavy (non-hydrogen) atoms. The van der Waals surface area contributed by atoms with Gasteiger partial charge < -0.3 is 20.7 Å². The maximum Gasteiger partial charge on any atom is 0.323 e. The van der Waals surface area contributed by atoms with Gasteiger partial charge in [-0.3, -0.25) is 0 Å². The van der Waals surface area contributed by atoms with Gasteiger partial charge in [0.2, 0.25) is 0 Å². The standard InChI is InChI=1S/C22H21N3O2/c1-27-21-13-7-17(8-14-21)15-16-23-22(26)25-20-11-9-19(10-12-20)24-18-5-3-2-4-6-18/h2-16,24H,1H3,(H2,23,25,26)/b16-15+. The summed E-state index contributed by atoms with van der Waals surface area (Å²) in [5.41, 5.74) is 3.64. The van der Waals surface area contributed by atoms with Crippen LogP contribution in [-0.2, 0) is 0 Å². The number of carbonyl (C=O) groups excluding carboxylic acids is 1. The second-order valence-corrected chi connectivity index (χ2v) is 5.77. The lowest BCUT2D eigenvalue weighted by atomic mass is 10.2. The van der Waals surface area contributed by atoms with E-state index in [2.05, 4.69) is 16.0 Å². The molecule has 2 amide bonds. The largest absolute Gasteiger partial charge is 0.497 e. The fourth-order valence-electron chi connectivity index (χ4n) is 2.42. The van der Waals surface area contributed by atoms with E-state index in [0.29, 0.717) is 5.69 Å². The van der Waals surface area contributed by atoms with Gasteiger partial charge in [0.25, 0.3) is 0 Å². The second-order valence-electron chi connectivity index (χ2n) is 5.77. The number of para-hydroxylation sites is 1. The normalized spacial score (nSPS) is 10.4.